The number of benzene rings is 3. The van der Waals surface area contributed by atoms with E-state index >= 15 is 0 Å². The maximum absolute atomic E-state index is 12.6. The predicted octanol–water partition coefficient (Wildman–Crippen LogP) is 7.27. The van der Waals surface area contributed by atoms with Gasteiger partial charge in [-0.25, -0.2) is 0 Å². The van der Waals surface area contributed by atoms with Crippen molar-refractivity contribution in [3.8, 4) is 11.3 Å². The number of nitrogens with zero attached hydrogens (tertiary/aromatic N) is 2. The molecule has 6 nitrogen and oxygen atoms in total. The summed E-state index contributed by atoms with van der Waals surface area (Å²) < 4.78 is 5.80. The molecule has 0 saturated carbocycles. The number of halogens is 2. The molecule has 2 amide bonds. The number of amides is 2. The third kappa shape index (κ3) is 6.84. The van der Waals surface area contributed by atoms with Crippen molar-refractivity contribution in [2.75, 3.05) is 36.4 Å². The highest BCUT2D eigenvalue weighted by molar-refractivity contribution is 6.33. The average Bonchev–Trinajstić information content (AvgIpc) is 3.45. The third-order valence-corrected chi connectivity index (χ3v) is 7.16. The summed E-state index contributed by atoms with van der Waals surface area (Å²) in [6, 6.07) is 26.2. The molecule has 1 fully saturated rings. The lowest BCUT2D eigenvalue weighted by atomic mass is 10.2. The summed E-state index contributed by atoms with van der Waals surface area (Å²) in [7, 11) is 0. The topological polar surface area (TPSA) is 65.8 Å². The van der Waals surface area contributed by atoms with Gasteiger partial charge >= 0.3 is 0 Å². The van der Waals surface area contributed by atoms with Crippen LogP contribution in [-0.4, -0.2) is 42.9 Å². The summed E-state index contributed by atoms with van der Waals surface area (Å²) in [6.07, 6.45) is 6.45. The predicted molar refractivity (Wildman–Crippen MR) is 163 cm³/mol. The Hall–Kier alpha value is -4.26. The Balaban J connectivity index is 1.14. The van der Waals surface area contributed by atoms with Crippen molar-refractivity contribution in [3.05, 3.63) is 118 Å². The first-order chi connectivity index (χ1) is 19.5. The molecule has 202 valence electrons. The van der Waals surface area contributed by atoms with Gasteiger partial charge in [-0.3, -0.25) is 9.59 Å². The summed E-state index contributed by atoms with van der Waals surface area (Å²) in [5.74, 6) is 0.846. The molecule has 0 aliphatic carbocycles. The highest BCUT2D eigenvalue weighted by atomic mass is 35.5. The van der Waals surface area contributed by atoms with Crippen molar-refractivity contribution in [3.63, 3.8) is 0 Å². The minimum atomic E-state index is -0.310. The van der Waals surface area contributed by atoms with Crippen molar-refractivity contribution in [1.82, 2.24) is 4.90 Å². The standard InChI is InChI=1S/C32H27Cl2N3O3/c33-27-9-5-4-8-26(27)30-15-12-25(40-30)13-16-31(38)35-24-11-14-29(28(34)22-24)36-18-20-37(21-19-36)32(39)17-10-23-6-2-1-3-7-23/h1-17,22H,18-21H2,(H,35,38)/b16-13+,17-10+. The highest BCUT2D eigenvalue weighted by Crippen LogP contribution is 2.31. The van der Waals surface area contributed by atoms with Crippen LogP contribution in [0.5, 0.6) is 0 Å². The van der Waals surface area contributed by atoms with Crippen LogP contribution in [-0.2, 0) is 9.59 Å². The van der Waals surface area contributed by atoms with Gasteiger partial charge in [-0.05, 0) is 60.2 Å². The van der Waals surface area contributed by atoms with Crippen molar-refractivity contribution in [2.45, 2.75) is 0 Å². The van der Waals surface area contributed by atoms with E-state index in [1.807, 2.05) is 77.7 Å². The van der Waals surface area contributed by atoms with Gasteiger partial charge in [-0.15, -0.1) is 0 Å². The number of hydrogen-bond donors (Lipinski definition) is 1. The molecule has 3 aromatic carbocycles. The van der Waals surface area contributed by atoms with Crippen LogP contribution in [0.15, 0.2) is 101 Å². The first kappa shape index (κ1) is 27.3. The Morgan fingerprint density at radius 3 is 2.27 bits per heavy atom. The van der Waals surface area contributed by atoms with Crippen LogP contribution in [0, 0.1) is 0 Å². The van der Waals surface area contributed by atoms with Gasteiger partial charge in [0.15, 0.2) is 0 Å². The number of furan rings is 1. The van der Waals surface area contributed by atoms with Crippen LogP contribution in [0.3, 0.4) is 0 Å². The first-order valence-corrected chi connectivity index (χ1v) is 13.6. The monoisotopic (exact) mass is 571 g/mol. The zero-order valence-corrected chi connectivity index (χ0v) is 23.1. The normalized spacial score (nSPS) is 13.8. The van der Waals surface area contributed by atoms with Crippen molar-refractivity contribution in [2.24, 2.45) is 0 Å². The summed E-state index contributed by atoms with van der Waals surface area (Å²) in [6.45, 7) is 2.53. The van der Waals surface area contributed by atoms with Crippen molar-refractivity contribution >= 4 is 58.5 Å². The quantitative estimate of drug-likeness (QED) is 0.237. The van der Waals surface area contributed by atoms with E-state index in [-0.39, 0.29) is 11.8 Å². The average molecular weight is 572 g/mol. The van der Waals surface area contributed by atoms with Crippen molar-refractivity contribution < 1.29 is 14.0 Å². The van der Waals surface area contributed by atoms with Gasteiger partial charge in [0.25, 0.3) is 0 Å². The second kappa shape index (κ2) is 12.7. The Kier molecular flexibility index (Phi) is 8.69. The molecule has 0 spiro atoms. The lowest BCUT2D eigenvalue weighted by molar-refractivity contribution is -0.126. The molecule has 0 atom stereocenters. The minimum Gasteiger partial charge on any atom is -0.457 e. The van der Waals surface area contributed by atoms with E-state index in [4.69, 9.17) is 27.6 Å². The zero-order valence-electron chi connectivity index (χ0n) is 21.6. The molecule has 1 aliphatic rings. The number of piperazine rings is 1. The van der Waals surface area contributed by atoms with Gasteiger partial charge < -0.3 is 19.5 Å². The number of rotatable bonds is 7. The van der Waals surface area contributed by atoms with Crippen LogP contribution in [0.2, 0.25) is 10.0 Å². The molecule has 40 heavy (non-hydrogen) atoms. The fourth-order valence-corrected chi connectivity index (χ4v) is 4.96. The summed E-state index contributed by atoms with van der Waals surface area (Å²) in [4.78, 5) is 29.1. The molecule has 0 bridgehead atoms. The minimum absolute atomic E-state index is 0.00430. The Morgan fingerprint density at radius 2 is 1.52 bits per heavy atom. The Bertz CT molecular complexity index is 1550. The van der Waals surface area contributed by atoms with Crippen LogP contribution >= 0.6 is 23.2 Å². The van der Waals surface area contributed by atoms with Crippen LogP contribution < -0.4 is 10.2 Å². The van der Waals surface area contributed by atoms with Crippen LogP contribution in [0.25, 0.3) is 23.5 Å². The number of carbonyl (C=O) groups is 2. The molecule has 0 radical (unpaired) electrons. The van der Waals surface area contributed by atoms with Gasteiger partial charge in [0.1, 0.15) is 11.5 Å². The molecule has 1 aliphatic heterocycles. The molecule has 5 rings (SSSR count). The van der Waals surface area contributed by atoms with E-state index in [0.29, 0.717) is 53.4 Å². The molecule has 4 aromatic rings. The molecular formula is C32H27Cl2N3O3. The summed E-state index contributed by atoms with van der Waals surface area (Å²) in [5, 5.41) is 3.95. The Morgan fingerprint density at radius 1 is 0.775 bits per heavy atom. The first-order valence-electron chi connectivity index (χ1n) is 12.9. The molecule has 2 heterocycles. The van der Waals surface area contributed by atoms with E-state index < -0.39 is 0 Å². The molecule has 0 unspecified atom stereocenters. The molecule has 1 saturated heterocycles. The molecule has 8 heteroatoms. The summed E-state index contributed by atoms with van der Waals surface area (Å²) in [5.41, 5.74) is 3.23. The lowest BCUT2D eigenvalue weighted by Gasteiger charge is -2.36. The molecular weight excluding hydrogens is 545 g/mol. The van der Waals surface area contributed by atoms with E-state index in [9.17, 15) is 9.59 Å². The van der Waals surface area contributed by atoms with E-state index in [1.54, 1.807) is 30.4 Å². The molecule has 1 N–H and O–H groups in total. The Labute approximate surface area is 243 Å². The highest BCUT2D eigenvalue weighted by Gasteiger charge is 2.21. The van der Waals surface area contributed by atoms with Gasteiger partial charge in [0, 0.05) is 49.6 Å². The number of anilines is 2. The van der Waals surface area contributed by atoms with E-state index in [1.165, 1.54) is 6.08 Å². The summed E-state index contributed by atoms with van der Waals surface area (Å²) >= 11 is 12.8. The van der Waals surface area contributed by atoms with E-state index in [2.05, 4.69) is 10.2 Å². The van der Waals surface area contributed by atoms with E-state index in [0.717, 1.165) is 16.8 Å². The van der Waals surface area contributed by atoms with Crippen LogP contribution in [0.4, 0.5) is 11.4 Å². The lowest BCUT2D eigenvalue weighted by Crippen LogP contribution is -2.48. The number of hydrogen-bond acceptors (Lipinski definition) is 4. The van der Waals surface area contributed by atoms with Gasteiger partial charge in [0.2, 0.25) is 11.8 Å². The third-order valence-electron chi connectivity index (χ3n) is 6.53. The second-order valence-corrected chi connectivity index (χ2v) is 10.0. The molecule has 1 aromatic heterocycles. The van der Waals surface area contributed by atoms with Gasteiger partial charge in [-0.1, -0.05) is 65.7 Å². The largest absolute Gasteiger partial charge is 0.457 e. The number of carbonyl (C=O) groups excluding carboxylic acids is 2. The fourth-order valence-electron chi connectivity index (χ4n) is 4.44. The van der Waals surface area contributed by atoms with Crippen LogP contribution in [0.1, 0.15) is 11.3 Å². The smallest absolute Gasteiger partial charge is 0.248 e. The maximum Gasteiger partial charge on any atom is 0.248 e. The van der Waals surface area contributed by atoms with Gasteiger partial charge in [-0.2, -0.15) is 0 Å². The zero-order chi connectivity index (χ0) is 27.9. The fraction of sp³-hybridized carbons (Fsp3) is 0.125. The van der Waals surface area contributed by atoms with Gasteiger partial charge in [0.05, 0.1) is 15.7 Å². The second-order valence-electron chi connectivity index (χ2n) is 9.23. The number of nitrogens with one attached hydrogen (secondary N) is 1. The van der Waals surface area contributed by atoms with Crippen molar-refractivity contribution in [1.29, 1.82) is 0 Å². The SMILES string of the molecule is O=C(/C=C/c1ccc(-c2ccccc2Cl)o1)Nc1ccc(N2CCN(C(=O)/C=C/c3ccccc3)CC2)c(Cl)c1. The maximum atomic E-state index is 12.6.